The summed E-state index contributed by atoms with van der Waals surface area (Å²) in [6.07, 6.45) is 8.72. The van der Waals surface area contributed by atoms with Crippen molar-refractivity contribution in [1.82, 2.24) is 30.2 Å². The number of hydrogen-bond donors (Lipinski definition) is 6. The highest BCUT2D eigenvalue weighted by atomic mass is 35.5. The summed E-state index contributed by atoms with van der Waals surface area (Å²) in [6.45, 7) is 1.68. The molecule has 1 saturated carbocycles. The fourth-order valence-electron chi connectivity index (χ4n) is 6.48. The van der Waals surface area contributed by atoms with Crippen LogP contribution in [-0.2, 0) is 11.3 Å². The number of anilines is 1. The molecule has 6 rings (SSSR count). The third-order valence-electron chi connectivity index (χ3n) is 8.94. The molecule has 6 N–H and O–H groups in total. The lowest BCUT2D eigenvalue weighted by molar-refractivity contribution is -0.0511. The number of benzene rings is 1. The molecule has 3 heterocycles. The Labute approximate surface area is 260 Å². The molecule has 2 aliphatic carbocycles. The molecule has 1 saturated heterocycles. The number of nitrogens with zero attached hydrogens (tertiary/aromatic N) is 4. The molecule has 0 radical (unpaired) electrons. The van der Waals surface area contributed by atoms with Gasteiger partial charge in [-0.3, -0.25) is 9.36 Å². The summed E-state index contributed by atoms with van der Waals surface area (Å²) in [5, 5.41) is 39.9. The molecular formula is C31H40ClN7O5. The zero-order valence-corrected chi connectivity index (χ0v) is 25.2. The molecule has 1 aromatic carbocycles. The minimum Gasteiger partial charge on any atom is -0.394 e. The van der Waals surface area contributed by atoms with Crippen molar-refractivity contribution in [1.29, 1.82) is 0 Å². The second-order valence-electron chi connectivity index (χ2n) is 12.0. The van der Waals surface area contributed by atoms with Gasteiger partial charge in [0.25, 0.3) is 5.91 Å². The summed E-state index contributed by atoms with van der Waals surface area (Å²) in [7, 11) is 0. The van der Waals surface area contributed by atoms with E-state index in [1.54, 1.807) is 12.1 Å². The van der Waals surface area contributed by atoms with E-state index in [1.165, 1.54) is 30.2 Å². The first kappa shape index (κ1) is 30.9. The number of amides is 1. The van der Waals surface area contributed by atoms with Gasteiger partial charge in [0.2, 0.25) is 5.28 Å². The minimum absolute atomic E-state index is 0.0365. The van der Waals surface area contributed by atoms with Gasteiger partial charge in [-0.05, 0) is 73.4 Å². The Morgan fingerprint density at radius 1 is 1.02 bits per heavy atom. The second-order valence-corrected chi connectivity index (χ2v) is 12.3. The van der Waals surface area contributed by atoms with Crippen LogP contribution in [0.1, 0.15) is 60.7 Å². The molecule has 3 aliphatic rings. The van der Waals surface area contributed by atoms with Crippen molar-refractivity contribution in [2.75, 3.05) is 25.0 Å². The topological polar surface area (TPSA) is 167 Å². The maximum atomic E-state index is 12.6. The summed E-state index contributed by atoms with van der Waals surface area (Å²) in [5.74, 6) is 1.84. The van der Waals surface area contributed by atoms with Gasteiger partial charge >= 0.3 is 0 Å². The number of aliphatic hydroxyl groups is 3. The van der Waals surface area contributed by atoms with Gasteiger partial charge in [0.05, 0.1) is 12.9 Å². The van der Waals surface area contributed by atoms with Crippen LogP contribution < -0.4 is 16.0 Å². The number of hydrogen-bond acceptors (Lipinski definition) is 10. The van der Waals surface area contributed by atoms with Crippen molar-refractivity contribution in [3.63, 3.8) is 0 Å². The number of nitrogens with one attached hydrogen (secondary N) is 3. The van der Waals surface area contributed by atoms with E-state index in [0.717, 1.165) is 43.2 Å². The molecule has 4 unspecified atom stereocenters. The maximum Gasteiger partial charge on any atom is 0.251 e. The Hall–Kier alpha value is -3.13. The van der Waals surface area contributed by atoms with Crippen molar-refractivity contribution >= 4 is 34.5 Å². The molecule has 2 fully saturated rings. The SMILES string of the molecule is O=C(NCCCCCCNC1CC2C=C[C@H]1C2)c1ccc(CNc2nc(Cl)nc3c2ncn3[C@@H]2O[C@H](CO)C(O)C2O)cc1. The van der Waals surface area contributed by atoms with Gasteiger partial charge in [0.1, 0.15) is 18.3 Å². The maximum absolute atomic E-state index is 12.6. The number of rotatable bonds is 14. The first-order chi connectivity index (χ1) is 21.4. The summed E-state index contributed by atoms with van der Waals surface area (Å²) < 4.78 is 7.07. The third-order valence-corrected chi connectivity index (χ3v) is 9.11. The summed E-state index contributed by atoms with van der Waals surface area (Å²) in [6, 6.07) is 8.00. The normalized spacial score (nSPS) is 27.4. The largest absolute Gasteiger partial charge is 0.394 e. The monoisotopic (exact) mass is 625 g/mol. The van der Waals surface area contributed by atoms with Gasteiger partial charge in [0, 0.05) is 24.7 Å². The summed E-state index contributed by atoms with van der Waals surface area (Å²) in [4.78, 5) is 25.5. The first-order valence-electron chi connectivity index (χ1n) is 15.5. The van der Waals surface area contributed by atoms with E-state index in [9.17, 15) is 20.1 Å². The molecule has 13 heteroatoms. The van der Waals surface area contributed by atoms with Crippen LogP contribution in [-0.4, -0.2) is 84.8 Å². The number of carbonyl (C=O) groups excluding carboxylic acids is 1. The Bertz CT molecular complexity index is 1470. The molecule has 0 spiro atoms. The zero-order chi connectivity index (χ0) is 30.6. The predicted octanol–water partition coefficient (Wildman–Crippen LogP) is 2.55. The highest BCUT2D eigenvalue weighted by Gasteiger charge is 2.44. The molecule has 2 bridgehead atoms. The number of halogens is 1. The number of ether oxygens (including phenoxy) is 1. The van der Waals surface area contributed by atoms with Gasteiger partial charge in [0.15, 0.2) is 23.2 Å². The van der Waals surface area contributed by atoms with Crippen LogP contribution in [0.15, 0.2) is 42.7 Å². The lowest BCUT2D eigenvalue weighted by atomic mass is 10.0. The molecule has 3 aromatic rings. The van der Waals surface area contributed by atoms with Crippen molar-refractivity contribution in [2.24, 2.45) is 11.8 Å². The van der Waals surface area contributed by atoms with Gasteiger partial charge in [-0.25, -0.2) is 4.98 Å². The number of imidazole rings is 1. The van der Waals surface area contributed by atoms with Crippen LogP contribution in [0.4, 0.5) is 5.82 Å². The van der Waals surface area contributed by atoms with Gasteiger partial charge in [-0.1, -0.05) is 37.1 Å². The van der Waals surface area contributed by atoms with Crippen LogP contribution in [0.3, 0.4) is 0 Å². The summed E-state index contributed by atoms with van der Waals surface area (Å²) >= 11 is 6.19. The van der Waals surface area contributed by atoms with Crippen molar-refractivity contribution in [3.05, 3.63) is 59.2 Å². The number of aliphatic hydroxyl groups excluding tert-OH is 3. The second kappa shape index (κ2) is 13.9. The Kier molecular flexibility index (Phi) is 9.74. The minimum atomic E-state index is -1.29. The average molecular weight is 626 g/mol. The number of aromatic nitrogens is 4. The molecule has 236 valence electrons. The molecular weight excluding hydrogens is 586 g/mol. The van der Waals surface area contributed by atoms with Gasteiger partial charge in [-0.2, -0.15) is 9.97 Å². The van der Waals surface area contributed by atoms with Gasteiger partial charge < -0.3 is 36.0 Å². The van der Waals surface area contributed by atoms with E-state index in [1.807, 2.05) is 12.1 Å². The van der Waals surface area contributed by atoms with Crippen LogP contribution in [0, 0.1) is 11.8 Å². The van der Waals surface area contributed by atoms with Crippen molar-refractivity contribution in [2.45, 2.75) is 75.7 Å². The molecule has 1 aliphatic heterocycles. The van der Waals surface area contributed by atoms with E-state index in [0.29, 0.717) is 41.7 Å². The van der Waals surface area contributed by atoms with E-state index in [4.69, 9.17) is 16.3 Å². The van der Waals surface area contributed by atoms with E-state index < -0.39 is 31.1 Å². The Morgan fingerprint density at radius 3 is 2.52 bits per heavy atom. The smallest absolute Gasteiger partial charge is 0.251 e. The number of unbranched alkanes of at least 4 members (excludes halogenated alkanes) is 3. The predicted molar refractivity (Wildman–Crippen MR) is 165 cm³/mol. The first-order valence-corrected chi connectivity index (χ1v) is 15.8. The van der Waals surface area contributed by atoms with Crippen LogP contribution in [0.25, 0.3) is 11.2 Å². The fraction of sp³-hybridized carbons (Fsp3) is 0.548. The average Bonchev–Trinajstić information content (AvgIpc) is 3.82. The standard InChI is InChI=1S/C31H40ClN7O5/c32-31-37-27(24-28(38-31)39(17-36-24)30-26(42)25(41)23(16-40)44-30)35-15-18-5-8-20(9-6-18)29(43)34-12-4-2-1-3-11-33-22-14-19-7-10-21(22)13-19/h5-10,17,19,21-23,25-26,30,33,40-42H,1-4,11-16H2,(H,34,43)(H,35,37,38)/t19?,21-,22?,23+,25?,26?,30+/m0/s1. The van der Waals surface area contributed by atoms with Crippen LogP contribution in [0.5, 0.6) is 0 Å². The molecule has 7 atom stereocenters. The summed E-state index contributed by atoms with van der Waals surface area (Å²) in [5.41, 5.74) is 2.22. The Morgan fingerprint density at radius 2 is 1.82 bits per heavy atom. The Balaban J connectivity index is 0.939. The number of carbonyl (C=O) groups is 1. The van der Waals surface area contributed by atoms with Crippen molar-refractivity contribution < 1.29 is 24.9 Å². The van der Waals surface area contributed by atoms with Crippen LogP contribution in [0.2, 0.25) is 5.28 Å². The molecule has 12 nitrogen and oxygen atoms in total. The van der Waals surface area contributed by atoms with Crippen LogP contribution >= 0.6 is 11.6 Å². The number of allylic oxidation sites excluding steroid dienone is 1. The van der Waals surface area contributed by atoms with E-state index >= 15 is 0 Å². The van der Waals surface area contributed by atoms with E-state index in [-0.39, 0.29) is 11.2 Å². The lowest BCUT2D eigenvalue weighted by Gasteiger charge is -2.19. The zero-order valence-electron chi connectivity index (χ0n) is 24.5. The highest BCUT2D eigenvalue weighted by molar-refractivity contribution is 6.28. The number of fused-ring (bicyclic) bond motifs is 3. The highest BCUT2D eigenvalue weighted by Crippen LogP contribution is 2.39. The third kappa shape index (κ3) is 6.75. The van der Waals surface area contributed by atoms with E-state index in [2.05, 4.69) is 43.1 Å². The molecule has 2 aromatic heterocycles. The molecule has 1 amide bonds. The quantitative estimate of drug-likeness (QED) is 0.0890. The van der Waals surface area contributed by atoms with Gasteiger partial charge in [-0.15, -0.1) is 0 Å². The fourth-order valence-corrected chi connectivity index (χ4v) is 6.64. The van der Waals surface area contributed by atoms with Crippen molar-refractivity contribution in [3.8, 4) is 0 Å². The lowest BCUT2D eigenvalue weighted by Crippen LogP contribution is -2.33. The molecule has 44 heavy (non-hydrogen) atoms.